The monoisotopic (exact) mass is 259 g/mol. The fraction of sp³-hybridized carbons (Fsp3) is 1.00. The molecular formula is C16H37NO. The highest BCUT2D eigenvalue weighted by atomic mass is 16.5. The lowest BCUT2D eigenvalue weighted by Gasteiger charge is -2.13. The van der Waals surface area contributed by atoms with Crippen LogP contribution in [0.5, 0.6) is 0 Å². The molecule has 0 aromatic carbocycles. The zero-order valence-electron chi connectivity index (χ0n) is 13.6. The summed E-state index contributed by atoms with van der Waals surface area (Å²) >= 11 is 0. The Bertz CT molecular complexity index is 101. The lowest BCUT2D eigenvalue weighted by atomic mass is 10.0. The van der Waals surface area contributed by atoms with Gasteiger partial charge in [-0.3, -0.25) is 0 Å². The van der Waals surface area contributed by atoms with E-state index in [1.807, 2.05) is 13.8 Å². The van der Waals surface area contributed by atoms with Gasteiger partial charge in [-0.25, -0.2) is 0 Å². The summed E-state index contributed by atoms with van der Waals surface area (Å²) in [5.74, 6) is 0. The van der Waals surface area contributed by atoms with Crippen molar-refractivity contribution in [3.63, 3.8) is 0 Å². The van der Waals surface area contributed by atoms with Gasteiger partial charge >= 0.3 is 0 Å². The van der Waals surface area contributed by atoms with Gasteiger partial charge in [-0.2, -0.15) is 0 Å². The van der Waals surface area contributed by atoms with Gasteiger partial charge in [0.1, 0.15) is 0 Å². The van der Waals surface area contributed by atoms with Gasteiger partial charge in [0.25, 0.3) is 0 Å². The fourth-order valence-electron chi connectivity index (χ4n) is 1.94. The van der Waals surface area contributed by atoms with E-state index in [4.69, 9.17) is 4.74 Å². The molecule has 0 atom stereocenters. The molecular weight excluding hydrogens is 222 g/mol. The van der Waals surface area contributed by atoms with Gasteiger partial charge in [-0.1, -0.05) is 59.3 Å². The lowest BCUT2D eigenvalue weighted by molar-refractivity contribution is 0.162. The van der Waals surface area contributed by atoms with E-state index in [2.05, 4.69) is 25.7 Å². The molecule has 0 amide bonds. The molecule has 18 heavy (non-hydrogen) atoms. The number of hydrogen-bond donors (Lipinski definition) is 0. The van der Waals surface area contributed by atoms with E-state index in [0.29, 0.717) is 0 Å². The van der Waals surface area contributed by atoms with Crippen molar-refractivity contribution in [3.8, 4) is 0 Å². The molecule has 1 rings (SSSR count). The molecule has 1 saturated carbocycles. The van der Waals surface area contributed by atoms with Crippen LogP contribution in [-0.4, -0.2) is 37.7 Å². The molecule has 0 N–H and O–H groups in total. The van der Waals surface area contributed by atoms with E-state index in [1.54, 1.807) is 0 Å². The molecule has 1 fully saturated rings. The Kier molecular flexibility index (Phi) is 21.7. The second-order valence-corrected chi connectivity index (χ2v) is 4.52. The first-order valence-electron chi connectivity index (χ1n) is 8.06. The largest absolute Gasteiger partial charge is 0.382 e. The molecule has 0 bridgehead atoms. The van der Waals surface area contributed by atoms with Crippen molar-refractivity contribution in [3.05, 3.63) is 0 Å². The molecule has 2 nitrogen and oxygen atoms in total. The van der Waals surface area contributed by atoms with Gasteiger partial charge in [-0.15, -0.1) is 0 Å². The Morgan fingerprint density at radius 1 is 0.611 bits per heavy atom. The minimum Gasteiger partial charge on any atom is -0.382 e. The van der Waals surface area contributed by atoms with Crippen LogP contribution in [0.15, 0.2) is 0 Å². The maximum absolute atomic E-state index is 4.83. The first kappa shape index (κ1) is 20.2. The van der Waals surface area contributed by atoms with E-state index in [1.165, 1.54) is 58.2 Å². The van der Waals surface area contributed by atoms with E-state index in [0.717, 1.165) is 13.2 Å². The fourth-order valence-corrected chi connectivity index (χ4v) is 1.94. The maximum atomic E-state index is 4.83. The highest BCUT2D eigenvalue weighted by Crippen LogP contribution is 2.15. The Morgan fingerprint density at radius 2 is 0.889 bits per heavy atom. The molecule has 0 spiro atoms. The molecule has 0 heterocycles. The van der Waals surface area contributed by atoms with Crippen LogP contribution >= 0.6 is 0 Å². The summed E-state index contributed by atoms with van der Waals surface area (Å²) in [6, 6.07) is 0. The second-order valence-electron chi connectivity index (χ2n) is 4.52. The van der Waals surface area contributed by atoms with E-state index >= 15 is 0 Å². The lowest BCUT2D eigenvalue weighted by Crippen LogP contribution is -2.21. The van der Waals surface area contributed by atoms with Crippen molar-refractivity contribution in [2.45, 2.75) is 73.1 Å². The predicted octanol–water partition coefficient (Wildman–Crippen LogP) is 4.73. The molecule has 1 aliphatic carbocycles. The molecule has 0 aromatic rings. The molecule has 1 aliphatic rings. The minimum absolute atomic E-state index is 0.844. The molecule has 0 unspecified atom stereocenters. The van der Waals surface area contributed by atoms with Crippen LogP contribution in [0.2, 0.25) is 0 Å². The van der Waals surface area contributed by atoms with Gasteiger partial charge in [-0.05, 0) is 33.5 Å². The van der Waals surface area contributed by atoms with Crippen molar-refractivity contribution in [2.24, 2.45) is 0 Å². The van der Waals surface area contributed by atoms with Gasteiger partial charge in [0, 0.05) is 13.2 Å². The summed E-state index contributed by atoms with van der Waals surface area (Å²) in [7, 11) is 0. The van der Waals surface area contributed by atoms with Crippen LogP contribution < -0.4 is 0 Å². The highest BCUT2D eigenvalue weighted by molar-refractivity contribution is 4.51. The van der Waals surface area contributed by atoms with E-state index in [-0.39, 0.29) is 0 Å². The Balaban J connectivity index is 0. The van der Waals surface area contributed by atoms with E-state index in [9.17, 15) is 0 Å². The zero-order valence-corrected chi connectivity index (χ0v) is 13.6. The third-order valence-corrected chi connectivity index (χ3v) is 3.25. The van der Waals surface area contributed by atoms with Gasteiger partial charge in [0.2, 0.25) is 0 Å². The van der Waals surface area contributed by atoms with Crippen LogP contribution in [0, 0.1) is 0 Å². The summed E-state index contributed by atoms with van der Waals surface area (Å²) in [5, 5.41) is 0. The predicted molar refractivity (Wildman–Crippen MR) is 83.3 cm³/mol. The standard InChI is InChI=1S/C6H15N.C6H12.C4H10O/c1-4-7(5-2)6-3;1-2-4-6-5-3-1;1-3-5-4-2/h4-6H2,1-3H3;1-6H2;3-4H2,1-2H3. The normalized spacial score (nSPS) is 14.3. The third kappa shape index (κ3) is 18.3. The van der Waals surface area contributed by atoms with Gasteiger partial charge < -0.3 is 9.64 Å². The minimum atomic E-state index is 0.844. The molecule has 0 aliphatic heterocycles. The van der Waals surface area contributed by atoms with Crippen LogP contribution in [0.1, 0.15) is 73.1 Å². The Morgan fingerprint density at radius 3 is 0.944 bits per heavy atom. The molecule has 2 heteroatoms. The number of hydrogen-bond acceptors (Lipinski definition) is 2. The summed E-state index contributed by atoms with van der Waals surface area (Å²) in [6.45, 7) is 15.8. The van der Waals surface area contributed by atoms with Crippen molar-refractivity contribution in [2.75, 3.05) is 32.8 Å². The number of nitrogens with zero attached hydrogens (tertiary/aromatic N) is 1. The Labute approximate surface area is 116 Å². The van der Waals surface area contributed by atoms with Crippen molar-refractivity contribution in [1.82, 2.24) is 4.90 Å². The van der Waals surface area contributed by atoms with Crippen molar-refractivity contribution < 1.29 is 4.74 Å². The SMILES string of the molecule is C1CCCCC1.CCN(CC)CC.CCOCC. The van der Waals surface area contributed by atoms with Gasteiger partial charge in [0.15, 0.2) is 0 Å². The quantitative estimate of drug-likeness (QED) is 0.707. The smallest absolute Gasteiger partial charge is 0.0437 e. The molecule has 0 radical (unpaired) electrons. The van der Waals surface area contributed by atoms with Crippen molar-refractivity contribution in [1.29, 1.82) is 0 Å². The third-order valence-electron chi connectivity index (χ3n) is 3.25. The van der Waals surface area contributed by atoms with Crippen LogP contribution in [0.25, 0.3) is 0 Å². The molecule has 112 valence electrons. The van der Waals surface area contributed by atoms with E-state index < -0.39 is 0 Å². The topological polar surface area (TPSA) is 12.5 Å². The number of rotatable bonds is 5. The number of ether oxygens (including phenoxy) is 1. The zero-order chi connectivity index (χ0) is 14.1. The van der Waals surface area contributed by atoms with Crippen LogP contribution in [0.4, 0.5) is 0 Å². The van der Waals surface area contributed by atoms with Gasteiger partial charge in [0.05, 0.1) is 0 Å². The average Bonchev–Trinajstić information content (AvgIpc) is 2.45. The summed E-state index contributed by atoms with van der Waals surface area (Å²) < 4.78 is 4.83. The Hall–Kier alpha value is -0.0800. The highest BCUT2D eigenvalue weighted by Gasteiger charge is 1.95. The van der Waals surface area contributed by atoms with Crippen LogP contribution in [-0.2, 0) is 4.74 Å². The first-order chi connectivity index (χ1) is 8.76. The second kappa shape index (κ2) is 19.3. The van der Waals surface area contributed by atoms with Crippen molar-refractivity contribution >= 4 is 0 Å². The summed E-state index contributed by atoms with van der Waals surface area (Å²) in [4.78, 5) is 2.38. The molecule has 0 saturated heterocycles. The van der Waals surface area contributed by atoms with Crippen LogP contribution in [0.3, 0.4) is 0 Å². The summed E-state index contributed by atoms with van der Waals surface area (Å²) in [5.41, 5.74) is 0. The summed E-state index contributed by atoms with van der Waals surface area (Å²) in [6.07, 6.45) is 9.00. The molecule has 0 aromatic heterocycles. The first-order valence-corrected chi connectivity index (χ1v) is 8.06. The average molecular weight is 259 g/mol. The maximum Gasteiger partial charge on any atom is 0.0437 e.